The van der Waals surface area contributed by atoms with Crippen molar-refractivity contribution in [3.8, 4) is 0 Å². The highest BCUT2D eigenvalue weighted by atomic mass is 16.2. The Balaban J connectivity index is 1.49. The maximum Gasteiger partial charge on any atom is 0.269 e. The lowest BCUT2D eigenvalue weighted by Gasteiger charge is -2.07. The van der Waals surface area contributed by atoms with E-state index in [0.717, 1.165) is 11.4 Å². The molecule has 2 amide bonds. The van der Waals surface area contributed by atoms with Gasteiger partial charge < -0.3 is 20.6 Å². The van der Waals surface area contributed by atoms with Crippen molar-refractivity contribution in [1.29, 1.82) is 0 Å². The van der Waals surface area contributed by atoms with Gasteiger partial charge in [0.25, 0.3) is 11.8 Å². The van der Waals surface area contributed by atoms with Crippen molar-refractivity contribution in [2.75, 3.05) is 13.1 Å². The van der Waals surface area contributed by atoms with Gasteiger partial charge in [0.05, 0.1) is 12.7 Å². The predicted molar refractivity (Wildman–Crippen MR) is 93.5 cm³/mol. The normalized spacial score (nSPS) is 10.5. The Labute approximate surface area is 149 Å². The summed E-state index contributed by atoms with van der Waals surface area (Å²) in [5.41, 5.74) is 2.28. The topological polar surface area (TPSA) is 128 Å². The Bertz CT molecular complexity index is 776. The Hall–Kier alpha value is -3.49. The van der Waals surface area contributed by atoms with Crippen LogP contribution >= 0.6 is 0 Å². The molecule has 3 aromatic heterocycles. The number of hydrogen-bond donors (Lipinski definition) is 4. The first-order valence-corrected chi connectivity index (χ1v) is 8.20. The summed E-state index contributed by atoms with van der Waals surface area (Å²) in [5.74, 6) is -0.645. The minimum Gasteiger partial charge on any atom is -0.350 e. The van der Waals surface area contributed by atoms with E-state index in [2.05, 4.69) is 35.6 Å². The monoisotopic (exact) mass is 353 g/mol. The molecule has 9 heteroatoms. The number of nitrogens with one attached hydrogen (secondary N) is 4. The number of hydrogen-bond acceptors (Lipinski definition) is 5. The van der Waals surface area contributed by atoms with Gasteiger partial charge in [-0.3, -0.25) is 9.59 Å². The Morgan fingerprint density at radius 1 is 0.846 bits per heavy atom. The first-order chi connectivity index (χ1) is 12.7. The molecular formula is C17H19N7O2. The van der Waals surface area contributed by atoms with Gasteiger partial charge in [0.15, 0.2) is 0 Å². The summed E-state index contributed by atoms with van der Waals surface area (Å²) < 4.78 is 0. The van der Waals surface area contributed by atoms with Crippen LogP contribution < -0.4 is 10.6 Å². The fraction of sp³-hybridized carbons (Fsp3) is 0.235. The molecule has 0 saturated heterocycles. The zero-order chi connectivity index (χ0) is 18.2. The van der Waals surface area contributed by atoms with Crippen molar-refractivity contribution >= 4 is 11.8 Å². The largest absolute Gasteiger partial charge is 0.350 e. The fourth-order valence-corrected chi connectivity index (χ4v) is 2.33. The number of H-pyrrole nitrogens is 2. The molecule has 0 fully saturated rings. The van der Waals surface area contributed by atoms with Crippen LogP contribution in [0.2, 0.25) is 0 Å². The molecule has 0 aliphatic heterocycles. The van der Waals surface area contributed by atoms with Crippen molar-refractivity contribution in [2.24, 2.45) is 0 Å². The van der Waals surface area contributed by atoms with Crippen molar-refractivity contribution in [3.05, 3.63) is 66.0 Å². The number of aromatic nitrogens is 5. The summed E-state index contributed by atoms with van der Waals surface area (Å²) in [5, 5.41) is 5.55. The molecule has 134 valence electrons. The molecule has 0 radical (unpaired) electrons. The second-order valence-electron chi connectivity index (χ2n) is 5.57. The highest BCUT2D eigenvalue weighted by Crippen LogP contribution is 2.01. The molecule has 3 heterocycles. The van der Waals surface area contributed by atoms with Gasteiger partial charge in [-0.05, 0) is 12.1 Å². The number of pyridine rings is 1. The second kappa shape index (κ2) is 8.56. The van der Waals surface area contributed by atoms with Gasteiger partial charge in [-0.15, -0.1) is 0 Å². The number of aromatic amines is 2. The van der Waals surface area contributed by atoms with Crippen molar-refractivity contribution in [3.63, 3.8) is 0 Å². The van der Waals surface area contributed by atoms with Crippen molar-refractivity contribution in [2.45, 2.75) is 12.8 Å². The van der Waals surface area contributed by atoms with Crippen LogP contribution in [0.15, 0.2) is 43.2 Å². The molecule has 9 nitrogen and oxygen atoms in total. The van der Waals surface area contributed by atoms with Crippen LogP contribution in [0.1, 0.15) is 32.4 Å². The predicted octanol–water partition coefficient (Wildman–Crippen LogP) is 0.473. The Morgan fingerprint density at radius 3 is 1.77 bits per heavy atom. The molecule has 0 aliphatic carbocycles. The minimum atomic E-state index is -0.323. The molecule has 0 aliphatic rings. The summed E-state index contributed by atoms with van der Waals surface area (Å²) in [7, 11) is 0. The van der Waals surface area contributed by atoms with Gasteiger partial charge in [0, 0.05) is 49.7 Å². The lowest BCUT2D eigenvalue weighted by atomic mass is 10.2. The zero-order valence-electron chi connectivity index (χ0n) is 14.0. The lowest BCUT2D eigenvalue weighted by molar-refractivity contribution is 0.0945. The van der Waals surface area contributed by atoms with Gasteiger partial charge in [-0.2, -0.15) is 0 Å². The zero-order valence-corrected chi connectivity index (χ0v) is 14.0. The molecule has 0 atom stereocenters. The van der Waals surface area contributed by atoms with E-state index in [1.165, 1.54) is 0 Å². The number of amides is 2. The third-order valence-electron chi connectivity index (χ3n) is 3.68. The van der Waals surface area contributed by atoms with Crippen LogP contribution in [0.25, 0.3) is 0 Å². The van der Waals surface area contributed by atoms with E-state index < -0.39 is 0 Å². The Morgan fingerprint density at radius 2 is 1.35 bits per heavy atom. The smallest absolute Gasteiger partial charge is 0.269 e. The van der Waals surface area contributed by atoms with Crippen molar-refractivity contribution < 1.29 is 9.59 Å². The van der Waals surface area contributed by atoms with Gasteiger partial charge in [-0.25, -0.2) is 15.0 Å². The van der Waals surface area contributed by atoms with Crippen LogP contribution in [-0.2, 0) is 12.8 Å². The molecule has 0 unspecified atom stereocenters. The van der Waals surface area contributed by atoms with Gasteiger partial charge in [0.1, 0.15) is 11.4 Å². The molecule has 26 heavy (non-hydrogen) atoms. The highest BCUT2D eigenvalue weighted by molar-refractivity contribution is 5.96. The third kappa shape index (κ3) is 4.76. The molecule has 0 saturated carbocycles. The molecule has 4 N–H and O–H groups in total. The van der Waals surface area contributed by atoms with E-state index in [4.69, 9.17) is 0 Å². The van der Waals surface area contributed by atoms with Crippen molar-refractivity contribution in [1.82, 2.24) is 35.6 Å². The lowest BCUT2D eigenvalue weighted by Crippen LogP contribution is -2.29. The van der Waals surface area contributed by atoms with E-state index in [0.29, 0.717) is 25.9 Å². The highest BCUT2D eigenvalue weighted by Gasteiger charge is 2.12. The van der Waals surface area contributed by atoms with E-state index >= 15 is 0 Å². The Kier molecular flexibility index (Phi) is 5.71. The maximum absolute atomic E-state index is 12.2. The molecule has 3 aromatic rings. The summed E-state index contributed by atoms with van der Waals surface area (Å²) in [6.45, 7) is 0.895. The number of rotatable bonds is 8. The summed E-state index contributed by atoms with van der Waals surface area (Å²) >= 11 is 0. The average molecular weight is 353 g/mol. The minimum absolute atomic E-state index is 0.204. The number of imidazole rings is 2. The summed E-state index contributed by atoms with van der Waals surface area (Å²) in [6.07, 6.45) is 7.87. The average Bonchev–Trinajstić information content (AvgIpc) is 3.35. The number of nitrogens with zero attached hydrogens (tertiary/aromatic N) is 3. The van der Waals surface area contributed by atoms with Crippen LogP contribution in [0.5, 0.6) is 0 Å². The van der Waals surface area contributed by atoms with E-state index in [1.54, 1.807) is 43.2 Å². The van der Waals surface area contributed by atoms with E-state index in [-0.39, 0.29) is 23.2 Å². The van der Waals surface area contributed by atoms with Crippen LogP contribution in [0, 0.1) is 0 Å². The third-order valence-corrected chi connectivity index (χ3v) is 3.68. The first-order valence-electron chi connectivity index (χ1n) is 8.20. The van der Waals surface area contributed by atoms with Crippen LogP contribution in [0.3, 0.4) is 0 Å². The molecular weight excluding hydrogens is 334 g/mol. The SMILES string of the molecule is O=C(NCCc1cnc[nH]1)c1cccc(C(=O)NCCc2cnc[nH]2)n1. The number of carbonyl (C=O) groups is 2. The van der Waals surface area contributed by atoms with E-state index in [9.17, 15) is 9.59 Å². The maximum atomic E-state index is 12.2. The van der Waals surface area contributed by atoms with Gasteiger partial charge in [-0.1, -0.05) is 6.07 Å². The standard InChI is InChI=1S/C17H19N7O2/c25-16(20-6-4-12-8-18-10-22-12)14-2-1-3-15(24-14)17(26)21-7-5-13-9-19-11-23-13/h1-3,8-11H,4-7H2,(H,18,22)(H,19,23)(H,20,25)(H,21,26). The van der Waals surface area contributed by atoms with Gasteiger partial charge in [0.2, 0.25) is 0 Å². The molecule has 3 rings (SSSR count). The molecule has 0 spiro atoms. The number of carbonyl (C=O) groups excluding carboxylic acids is 2. The summed E-state index contributed by atoms with van der Waals surface area (Å²) in [6, 6.07) is 4.79. The van der Waals surface area contributed by atoms with Crippen LogP contribution in [0.4, 0.5) is 0 Å². The second-order valence-corrected chi connectivity index (χ2v) is 5.57. The van der Waals surface area contributed by atoms with Crippen LogP contribution in [-0.4, -0.2) is 49.8 Å². The van der Waals surface area contributed by atoms with E-state index in [1.807, 2.05) is 0 Å². The first kappa shape index (κ1) is 17.3. The van der Waals surface area contributed by atoms with Gasteiger partial charge >= 0.3 is 0 Å². The fourth-order valence-electron chi connectivity index (χ4n) is 2.33. The molecule has 0 bridgehead atoms. The quantitative estimate of drug-likeness (QED) is 0.468. The molecule has 0 aromatic carbocycles. The summed E-state index contributed by atoms with van der Waals surface area (Å²) in [4.78, 5) is 42.3.